The molecule has 0 spiro atoms. The number of aromatic nitrogens is 1. The maximum absolute atomic E-state index is 11.7. The maximum Gasteiger partial charge on any atom is 0.326 e. The zero-order chi connectivity index (χ0) is 22.8. The van der Waals surface area contributed by atoms with Gasteiger partial charge in [-0.25, -0.2) is 9.78 Å². The molecule has 2 aliphatic heterocycles. The number of thiophene rings is 1. The summed E-state index contributed by atoms with van der Waals surface area (Å²) in [5, 5.41) is 14.0. The van der Waals surface area contributed by atoms with Crippen LogP contribution in [0.15, 0.2) is 40.2 Å². The standard InChI is InChI=1S/C23H24N6O2S2/c1-2-3-4-5-9-29-10-8-14-11-15(6-7-18(14)29)27-28-23-26-21-19(33-23)13-16(32-21)12-17-20(30)25-22(31)24-17/h6-7,11-13H,2-5,8-10H2,1H3,(H2,24,25,30,31)/b17-12-,28-27?. The molecule has 0 unspecified atom stereocenters. The third-order valence-electron chi connectivity index (χ3n) is 5.69. The molecule has 2 N–H and O–H groups in total. The summed E-state index contributed by atoms with van der Waals surface area (Å²) in [5.41, 5.74) is 3.75. The van der Waals surface area contributed by atoms with Crippen molar-refractivity contribution in [2.24, 2.45) is 10.2 Å². The third-order valence-corrected chi connectivity index (χ3v) is 7.68. The highest BCUT2D eigenvalue weighted by atomic mass is 32.1. The fourth-order valence-corrected chi connectivity index (χ4v) is 6.05. The molecule has 170 valence electrons. The molecule has 0 bridgehead atoms. The normalized spacial score (nSPS) is 16.9. The fraction of sp³-hybridized carbons (Fsp3) is 0.348. The second-order valence-corrected chi connectivity index (χ2v) is 10.2. The number of nitrogens with one attached hydrogen (secondary N) is 2. The lowest BCUT2D eigenvalue weighted by Gasteiger charge is -2.19. The van der Waals surface area contributed by atoms with Crippen LogP contribution in [0.25, 0.3) is 15.6 Å². The number of carbonyl (C=O) groups excluding carboxylic acids is 2. The van der Waals surface area contributed by atoms with Gasteiger partial charge in [0, 0.05) is 23.7 Å². The number of hydrogen-bond donors (Lipinski definition) is 2. The number of azo groups is 1. The molecule has 1 aromatic carbocycles. The Morgan fingerprint density at radius 2 is 2.03 bits per heavy atom. The number of imide groups is 1. The Balaban J connectivity index is 1.25. The molecule has 3 amide bonds. The van der Waals surface area contributed by atoms with Crippen LogP contribution in [0.5, 0.6) is 0 Å². The van der Waals surface area contributed by atoms with Gasteiger partial charge in [0.15, 0.2) is 0 Å². The van der Waals surface area contributed by atoms with Gasteiger partial charge in [-0.05, 0) is 48.7 Å². The minimum atomic E-state index is -0.503. The molecule has 0 saturated carbocycles. The van der Waals surface area contributed by atoms with Gasteiger partial charge in [0.05, 0.1) is 10.4 Å². The van der Waals surface area contributed by atoms with Crippen LogP contribution in [0.4, 0.5) is 21.3 Å². The van der Waals surface area contributed by atoms with Gasteiger partial charge in [0.25, 0.3) is 5.91 Å². The summed E-state index contributed by atoms with van der Waals surface area (Å²) in [6, 6.07) is 7.75. The van der Waals surface area contributed by atoms with Crippen molar-refractivity contribution in [2.75, 3.05) is 18.0 Å². The number of urea groups is 1. The summed E-state index contributed by atoms with van der Waals surface area (Å²) in [6.07, 6.45) is 7.82. The first-order chi connectivity index (χ1) is 16.1. The molecule has 2 aliphatic rings. The smallest absolute Gasteiger partial charge is 0.326 e. The van der Waals surface area contributed by atoms with Crippen molar-refractivity contribution in [1.82, 2.24) is 15.6 Å². The number of rotatable bonds is 8. The highest BCUT2D eigenvalue weighted by Crippen LogP contribution is 2.37. The van der Waals surface area contributed by atoms with E-state index in [-0.39, 0.29) is 5.70 Å². The zero-order valence-electron chi connectivity index (χ0n) is 18.3. The van der Waals surface area contributed by atoms with E-state index in [2.05, 4.69) is 49.8 Å². The lowest BCUT2D eigenvalue weighted by atomic mass is 10.1. The molecule has 5 rings (SSSR count). The van der Waals surface area contributed by atoms with Gasteiger partial charge in [-0.1, -0.05) is 37.5 Å². The second-order valence-electron chi connectivity index (χ2n) is 8.09. The first-order valence-corrected chi connectivity index (χ1v) is 12.8. The molecule has 1 fully saturated rings. The maximum atomic E-state index is 11.7. The van der Waals surface area contributed by atoms with Crippen molar-refractivity contribution in [3.8, 4) is 0 Å². The second kappa shape index (κ2) is 9.40. The van der Waals surface area contributed by atoms with Gasteiger partial charge in [-0.2, -0.15) is 0 Å². The van der Waals surface area contributed by atoms with Crippen LogP contribution >= 0.6 is 22.7 Å². The highest BCUT2D eigenvalue weighted by Gasteiger charge is 2.23. The van der Waals surface area contributed by atoms with Gasteiger partial charge in [-0.15, -0.1) is 21.6 Å². The predicted molar refractivity (Wildman–Crippen MR) is 133 cm³/mol. The molecule has 10 heteroatoms. The van der Waals surface area contributed by atoms with Gasteiger partial charge >= 0.3 is 6.03 Å². The van der Waals surface area contributed by atoms with E-state index in [1.54, 1.807) is 6.08 Å². The van der Waals surface area contributed by atoms with E-state index in [0.29, 0.717) is 5.13 Å². The Hall–Kier alpha value is -3.11. The van der Waals surface area contributed by atoms with Crippen molar-refractivity contribution >= 4 is 66.7 Å². The number of amides is 3. The molecule has 4 heterocycles. The van der Waals surface area contributed by atoms with E-state index in [0.717, 1.165) is 39.6 Å². The first kappa shape index (κ1) is 21.7. The zero-order valence-corrected chi connectivity index (χ0v) is 19.9. The van der Waals surface area contributed by atoms with E-state index < -0.39 is 11.9 Å². The average molecular weight is 481 g/mol. The quantitative estimate of drug-likeness (QED) is 0.182. The van der Waals surface area contributed by atoms with Crippen LogP contribution < -0.4 is 15.5 Å². The summed E-state index contributed by atoms with van der Waals surface area (Å²) in [4.78, 5) is 31.6. The number of unbranched alkanes of at least 4 members (excludes halogenated alkanes) is 3. The predicted octanol–water partition coefficient (Wildman–Crippen LogP) is 5.90. The minimum absolute atomic E-state index is 0.241. The van der Waals surface area contributed by atoms with Crippen molar-refractivity contribution in [2.45, 2.75) is 39.0 Å². The number of thiazole rings is 1. The monoisotopic (exact) mass is 480 g/mol. The number of nitrogens with zero attached hydrogens (tertiary/aromatic N) is 4. The Kier molecular flexibility index (Phi) is 6.19. The molecule has 33 heavy (non-hydrogen) atoms. The molecule has 1 saturated heterocycles. The summed E-state index contributed by atoms with van der Waals surface area (Å²) >= 11 is 2.89. The summed E-state index contributed by atoms with van der Waals surface area (Å²) < 4.78 is 0.971. The van der Waals surface area contributed by atoms with E-state index >= 15 is 0 Å². The topological polar surface area (TPSA) is 99.1 Å². The number of benzene rings is 1. The van der Waals surface area contributed by atoms with Gasteiger partial charge in [0.2, 0.25) is 5.13 Å². The van der Waals surface area contributed by atoms with E-state index in [9.17, 15) is 9.59 Å². The molecular weight excluding hydrogens is 456 g/mol. The fourth-order valence-electron chi connectivity index (χ4n) is 4.06. The molecule has 0 radical (unpaired) electrons. The van der Waals surface area contributed by atoms with Crippen molar-refractivity contribution in [1.29, 1.82) is 0 Å². The molecule has 2 aromatic heterocycles. The van der Waals surface area contributed by atoms with Crippen LogP contribution in [0.2, 0.25) is 0 Å². The van der Waals surface area contributed by atoms with Crippen LogP contribution in [0, 0.1) is 0 Å². The molecule has 3 aromatic rings. The van der Waals surface area contributed by atoms with Crippen molar-refractivity contribution < 1.29 is 9.59 Å². The number of anilines is 1. The Bertz CT molecular complexity index is 1240. The summed E-state index contributed by atoms with van der Waals surface area (Å²) in [6.45, 7) is 4.44. The van der Waals surface area contributed by atoms with Crippen molar-refractivity contribution in [3.05, 3.63) is 40.4 Å². The van der Waals surface area contributed by atoms with Crippen LogP contribution in [0.3, 0.4) is 0 Å². The molecule has 8 nitrogen and oxygen atoms in total. The summed E-state index contributed by atoms with van der Waals surface area (Å²) in [5.74, 6) is -0.423. The largest absolute Gasteiger partial charge is 0.371 e. The van der Waals surface area contributed by atoms with Gasteiger partial charge < -0.3 is 10.2 Å². The molecule has 0 atom stereocenters. The average Bonchev–Trinajstić information content (AvgIpc) is 3.53. The van der Waals surface area contributed by atoms with Gasteiger partial charge in [0.1, 0.15) is 10.5 Å². The van der Waals surface area contributed by atoms with E-state index in [1.165, 1.54) is 59.6 Å². The van der Waals surface area contributed by atoms with Crippen LogP contribution in [-0.4, -0.2) is 30.0 Å². The molecule has 0 aliphatic carbocycles. The van der Waals surface area contributed by atoms with E-state index in [1.807, 2.05) is 12.1 Å². The first-order valence-electron chi connectivity index (χ1n) is 11.1. The summed E-state index contributed by atoms with van der Waals surface area (Å²) in [7, 11) is 0. The highest BCUT2D eigenvalue weighted by molar-refractivity contribution is 7.29. The minimum Gasteiger partial charge on any atom is -0.371 e. The molecular formula is C23H24N6O2S2. The number of carbonyl (C=O) groups is 2. The number of hydrogen-bond acceptors (Lipinski definition) is 8. The van der Waals surface area contributed by atoms with Crippen molar-refractivity contribution in [3.63, 3.8) is 0 Å². The lowest BCUT2D eigenvalue weighted by Crippen LogP contribution is -2.22. The van der Waals surface area contributed by atoms with Crippen LogP contribution in [0.1, 0.15) is 43.0 Å². The van der Waals surface area contributed by atoms with Crippen LogP contribution in [-0.2, 0) is 11.2 Å². The van der Waals surface area contributed by atoms with E-state index in [4.69, 9.17) is 0 Å². The lowest BCUT2D eigenvalue weighted by molar-refractivity contribution is -0.115. The third kappa shape index (κ3) is 4.81. The SMILES string of the molecule is CCCCCCN1CCc2cc(N=Nc3nc4sc(/C=C5\NC(=O)NC5=O)cc4s3)ccc21. The number of fused-ring (bicyclic) bond motifs is 2. The Labute approximate surface area is 199 Å². The van der Waals surface area contributed by atoms with Gasteiger partial charge in [-0.3, -0.25) is 10.1 Å². The Morgan fingerprint density at radius 1 is 1.12 bits per heavy atom. The Morgan fingerprint density at radius 3 is 2.82 bits per heavy atom.